The van der Waals surface area contributed by atoms with Crippen LogP contribution in [0.3, 0.4) is 0 Å². The topological polar surface area (TPSA) is 46.5 Å². The average Bonchev–Trinajstić information content (AvgIpc) is 2.05. The standard InChI is InChI=1S/C9H9O3/c1-2-12-9(11)7-5-3-4-6-8(7)10/h3-4,6,10H,2H2,1H3. The Bertz CT molecular complexity index is 281. The molecule has 0 aliphatic rings. The maximum Gasteiger partial charge on any atom is 0.342 e. The molecule has 0 saturated heterocycles. The van der Waals surface area contributed by atoms with Crippen molar-refractivity contribution in [3.05, 3.63) is 29.8 Å². The van der Waals surface area contributed by atoms with E-state index in [0.29, 0.717) is 6.61 Å². The van der Waals surface area contributed by atoms with Gasteiger partial charge in [0.15, 0.2) is 0 Å². The van der Waals surface area contributed by atoms with Gasteiger partial charge in [-0.3, -0.25) is 0 Å². The van der Waals surface area contributed by atoms with Gasteiger partial charge in [-0.2, -0.15) is 0 Å². The van der Waals surface area contributed by atoms with Crippen molar-refractivity contribution in [2.45, 2.75) is 6.92 Å². The summed E-state index contributed by atoms with van der Waals surface area (Å²) >= 11 is 0. The number of esters is 1. The van der Waals surface area contributed by atoms with Crippen LogP contribution in [0.25, 0.3) is 0 Å². The lowest BCUT2D eigenvalue weighted by atomic mass is 10.2. The predicted octanol–water partition coefficient (Wildman–Crippen LogP) is 1.37. The zero-order valence-corrected chi connectivity index (χ0v) is 6.70. The van der Waals surface area contributed by atoms with E-state index in [1.807, 2.05) is 0 Å². The second-order valence-electron chi connectivity index (χ2n) is 2.15. The summed E-state index contributed by atoms with van der Waals surface area (Å²) in [6, 6.07) is 7.16. The van der Waals surface area contributed by atoms with Gasteiger partial charge in [-0.15, -0.1) is 0 Å². The molecule has 0 aromatic heterocycles. The van der Waals surface area contributed by atoms with Gasteiger partial charge in [0.1, 0.15) is 11.3 Å². The largest absolute Gasteiger partial charge is 0.507 e. The number of rotatable bonds is 2. The van der Waals surface area contributed by atoms with E-state index in [-0.39, 0.29) is 11.3 Å². The van der Waals surface area contributed by atoms with Crippen LogP contribution in [-0.4, -0.2) is 17.7 Å². The number of phenols is 1. The molecule has 0 spiro atoms. The summed E-state index contributed by atoms with van der Waals surface area (Å²) in [4.78, 5) is 11.1. The third-order valence-corrected chi connectivity index (χ3v) is 1.31. The number of hydrogen-bond acceptors (Lipinski definition) is 3. The molecule has 0 unspecified atom stereocenters. The maximum atomic E-state index is 11.1. The highest BCUT2D eigenvalue weighted by Gasteiger charge is 2.10. The summed E-state index contributed by atoms with van der Waals surface area (Å²) in [5.41, 5.74) is 0.0827. The first-order valence-corrected chi connectivity index (χ1v) is 3.62. The number of ether oxygens (including phenoxy) is 1. The van der Waals surface area contributed by atoms with Crippen molar-refractivity contribution in [2.75, 3.05) is 6.61 Å². The van der Waals surface area contributed by atoms with Crippen LogP contribution in [0, 0.1) is 6.07 Å². The van der Waals surface area contributed by atoms with Gasteiger partial charge in [0.2, 0.25) is 0 Å². The van der Waals surface area contributed by atoms with Crippen LogP contribution < -0.4 is 0 Å². The summed E-state index contributed by atoms with van der Waals surface area (Å²) in [5.74, 6) is -0.647. The van der Waals surface area contributed by atoms with Crippen LogP contribution in [0.1, 0.15) is 17.3 Å². The Kier molecular flexibility index (Phi) is 2.69. The molecule has 3 heteroatoms. The molecule has 12 heavy (non-hydrogen) atoms. The molecular formula is C9H9O3. The monoisotopic (exact) mass is 165 g/mol. The molecular weight excluding hydrogens is 156 g/mol. The van der Waals surface area contributed by atoms with E-state index in [1.54, 1.807) is 19.1 Å². The van der Waals surface area contributed by atoms with Crippen molar-refractivity contribution in [3.8, 4) is 5.75 Å². The highest BCUT2D eigenvalue weighted by Crippen LogP contribution is 2.15. The van der Waals surface area contributed by atoms with E-state index in [1.165, 1.54) is 6.07 Å². The molecule has 1 N–H and O–H groups in total. The molecule has 0 amide bonds. The van der Waals surface area contributed by atoms with Gasteiger partial charge in [0.25, 0.3) is 0 Å². The van der Waals surface area contributed by atoms with Crippen molar-refractivity contribution < 1.29 is 14.6 Å². The van der Waals surface area contributed by atoms with Gasteiger partial charge in [-0.1, -0.05) is 12.1 Å². The molecule has 0 fully saturated rings. The molecule has 0 atom stereocenters. The van der Waals surface area contributed by atoms with Crippen molar-refractivity contribution in [3.63, 3.8) is 0 Å². The van der Waals surface area contributed by atoms with Crippen molar-refractivity contribution in [1.82, 2.24) is 0 Å². The van der Waals surface area contributed by atoms with Crippen molar-refractivity contribution in [1.29, 1.82) is 0 Å². The lowest BCUT2D eigenvalue weighted by molar-refractivity contribution is 0.0522. The number of hydrogen-bond donors (Lipinski definition) is 1. The van der Waals surface area contributed by atoms with Gasteiger partial charge in [0, 0.05) is 6.07 Å². The molecule has 1 aromatic rings. The second-order valence-corrected chi connectivity index (χ2v) is 2.15. The van der Waals surface area contributed by atoms with Gasteiger partial charge in [0.05, 0.1) is 6.61 Å². The SMILES string of the molecule is CCOC(=O)c1[c]cccc1O. The molecule has 0 heterocycles. The van der Waals surface area contributed by atoms with E-state index in [4.69, 9.17) is 0 Å². The molecule has 0 bridgehead atoms. The summed E-state index contributed by atoms with van der Waals surface area (Å²) in [6.07, 6.45) is 0. The third-order valence-electron chi connectivity index (χ3n) is 1.31. The lowest BCUT2D eigenvalue weighted by Crippen LogP contribution is -2.04. The van der Waals surface area contributed by atoms with Crippen LogP contribution in [0.15, 0.2) is 18.2 Å². The minimum absolute atomic E-state index is 0.0827. The van der Waals surface area contributed by atoms with Crippen LogP contribution in [0.2, 0.25) is 0 Å². The fourth-order valence-electron chi connectivity index (χ4n) is 0.795. The van der Waals surface area contributed by atoms with Gasteiger partial charge in [-0.25, -0.2) is 4.79 Å². The molecule has 0 saturated carbocycles. The Morgan fingerprint density at radius 3 is 3.08 bits per heavy atom. The van der Waals surface area contributed by atoms with E-state index in [9.17, 15) is 9.90 Å². The normalized spacial score (nSPS) is 9.42. The summed E-state index contributed by atoms with van der Waals surface area (Å²) in [6.45, 7) is 2.00. The fourth-order valence-corrected chi connectivity index (χ4v) is 0.795. The Hall–Kier alpha value is -1.51. The predicted molar refractivity (Wildman–Crippen MR) is 42.9 cm³/mol. The van der Waals surface area contributed by atoms with E-state index >= 15 is 0 Å². The third kappa shape index (κ3) is 1.75. The molecule has 0 aliphatic heterocycles. The molecule has 1 rings (SSSR count). The Balaban J connectivity index is 2.87. The second kappa shape index (κ2) is 3.76. The highest BCUT2D eigenvalue weighted by molar-refractivity contribution is 5.91. The van der Waals surface area contributed by atoms with Crippen molar-refractivity contribution in [2.24, 2.45) is 0 Å². The fraction of sp³-hybridized carbons (Fsp3) is 0.222. The van der Waals surface area contributed by atoms with Gasteiger partial charge >= 0.3 is 5.97 Å². The number of phenolic OH excluding ortho intramolecular Hbond substituents is 1. The van der Waals surface area contributed by atoms with E-state index in [2.05, 4.69) is 10.8 Å². The lowest BCUT2D eigenvalue weighted by Gasteiger charge is -2.01. The number of carbonyl (C=O) groups is 1. The minimum atomic E-state index is -0.546. The van der Waals surface area contributed by atoms with Gasteiger partial charge in [-0.05, 0) is 13.0 Å². The van der Waals surface area contributed by atoms with Gasteiger partial charge < -0.3 is 9.84 Å². The molecule has 1 radical (unpaired) electrons. The number of carbonyl (C=O) groups excluding carboxylic acids is 1. The first-order valence-electron chi connectivity index (χ1n) is 3.62. The van der Waals surface area contributed by atoms with Crippen LogP contribution in [-0.2, 0) is 4.74 Å². The van der Waals surface area contributed by atoms with Crippen LogP contribution in [0.4, 0.5) is 0 Å². The average molecular weight is 165 g/mol. The first-order chi connectivity index (χ1) is 5.75. The number of aromatic hydroxyl groups is 1. The minimum Gasteiger partial charge on any atom is -0.507 e. The Morgan fingerprint density at radius 1 is 1.75 bits per heavy atom. The first kappa shape index (κ1) is 8.59. The molecule has 0 aliphatic carbocycles. The van der Waals surface area contributed by atoms with Crippen LogP contribution in [0.5, 0.6) is 5.75 Å². The molecule has 1 aromatic carbocycles. The Labute approximate surface area is 70.6 Å². The van der Waals surface area contributed by atoms with E-state index in [0.717, 1.165) is 0 Å². The summed E-state index contributed by atoms with van der Waals surface area (Å²) in [5, 5.41) is 9.18. The quantitative estimate of drug-likeness (QED) is 0.673. The zero-order chi connectivity index (χ0) is 8.97. The summed E-state index contributed by atoms with van der Waals surface area (Å²) in [7, 11) is 0. The molecule has 63 valence electrons. The van der Waals surface area contributed by atoms with Crippen molar-refractivity contribution >= 4 is 5.97 Å². The van der Waals surface area contributed by atoms with E-state index < -0.39 is 5.97 Å². The Morgan fingerprint density at radius 2 is 2.50 bits per heavy atom. The zero-order valence-electron chi connectivity index (χ0n) is 6.70. The number of benzene rings is 1. The van der Waals surface area contributed by atoms with Crippen LogP contribution >= 0.6 is 0 Å². The molecule has 3 nitrogen and oxygen atoms in total. The summed E-state index contributed by atoms with van der Waals surface area (Å²) < 4.78 is 4.68. The highest BCUT2D eigenvalue weighted by atomic mass is 16.5. The maximum absolute atomic E-state index is 11.1. The smallest absolute Gasteiger partial charge is 0.342 e.